The van der Waals surface area contributed by atoms with Gasteiger partial charge in [-0.2, -0.15) is 0 Å². The Kier molecular flexibility index (Phi) is 5.81. The minimum atomic E-state index is -0.713. The molecule has 3 aromatic rings. The summed E-state index contributed by atoms with van der Waals surface area (Å²) in [6.45, 7) is 3.36. The molecule has 0 bridgehead atoms. The van der Waals surface area contributed by atoms with Crippen molar-refractivity contribution in [3.63, 3.8) is 0 Å². The summed E-state index contributed by atoms with van der Waals surface area (Å²) < 4.78 is 20.4. The third-order valence-electron chi connectivity index (χ3n) is 6.21. The molecule has 1 amide bonds. The van der Waals surface area contributed by atoms with Crippen LogP contribution in [0, 0.1) is 11.7 Å². The fourth-order valence-electron chi connectivity index (χ4n) is 4.36. The van der Waals surface area contributed by atoms with Crippen LogP contribution in [0.5, 0.6) is 0 Å². The summed E-state index contributed by atoms with van der Waals surface area (Å²) in [7, 11) is 0. The second-order valence-corrected chi connectivity index (χ2v) is 8.82. The Labute approximate surface area is 180 Å². The summed E-state index contributed by atoms with van der Waals surface area (Å²) in [5.74, 6) is -0.662. The normalized spacial score (nSPS) is 19.5. The van der Waals surface area contributed by atoms with Crippen LogP contribution in [0.2, 0.25) is 0 Å². The fourth-order valence-corrected chi connectivity index (χ4v) is 4.36. The number of aliphatic hydroxyl groups excluding tert-OH is 1. The van der Waals surface area contributed by atoms with Gasteiger partial charge in [-0.05, 0) is 69.7 Å². The van der Waals surface area contributed by atoms with Crippen LogP contribution in [-0.4, -0.2) is 32.7 Å². The van der Waals surface area contributed by atoms with E-state index in [9.17, 15) is 19.4 Å². The zero-order valence-corrected chi connectivity index (χ0v) is 17.7. The maximum atomic E-state index is 15.0. The maximum absolute atomic E-state index is 15.0. The molecule has 0 radical (unpaired) electrons. The molecule has 0 atom stereocenters. The van der Waals surface area contributed by atoms with Crippen molar-refractivity contribution in [2.75, 3.05) is 0 Å². The van der Waals surface area contributed by atoms with Gasteiger partial charge in [-0.1, -0.05) is 0 Å². The van der Waals surface area contributed by atoms with E-state index in [0.717, 1.165) is 25.7 Å². The molecule has 1 aromatic carbocycles. The standard InChI is InChI=1S/C24H27FN2O4/c1-24(2,30)15-4-6-16(7-5-15)27-23(29)14-3-8-18(20(25)11-14)22-19-9-10-31-21(19)12-17(13-28)26-22/h3,8-12,15-16,28,30H,4-7,13H2,1-2H3,(H,27,29). The molecule has 164 valence electrons. The average Bonchev–Trinajstić information content (AvgIpc) is 3.21. The third kappa shape index (κ3) is 4.48. The highest BCUT2D eigenvalue weighted by Gasteiger charge is 2.32. The van der Waals surface area contributed by atoms with Crippen LogP contribution in [0.15, 0.2) is 41.0 Å². The van der Waals surface area contributed by atoms with E-state index in [2.05, 4.69) is 10.3 Å². The molecule has 0 saturated heterocycles. The van der Waals surface area contributed by atoms with Gasteiger partial charge in [0.1, 0.15) is 11.4 Å². The number of nitrogens with zero attached hydrogens (tertiary/aromatic N) is 1. The topological polar surface area (TPSA) is 95.6 Å². The first-order valence-electron chi connectivity index (χ1n) is 10.6. The minimum Gasteiger partial charge on any atom is -0.464 e. The number of fused-ring (bicyclic) bond motifs is 1. The van der Waals surface area contributed by atoms with Gasteiger partial charge in [-0.15, -0.1) is 0 Å². The molecule has 1 saturated carbocycles. The number of pyridine rings is 1. The van der Waals surface area contributed by atoms with Gasteiger partial charge in [0, 0.05) is 28.6 Å². The average molecular weight is 426 g/mol. The van der Waals surface area contributed by atoms with Gasteiger partial charge in [0.05, 0.1) is 29.9 Å². The number of aromatic nitrogens is 1. The Morgan fingerprint density at radius 2 is 1.97 bits per heavy atom. The number of nitrogens with one attached hydrogen (secondary N) is 1. The van der Waals surface area contributed by atoms with Crippen molar-refractivity contribution < 1.29 is 23.8 Å². The van der Waals surface area contributed by atoms with Gasteiger partial charge in [0.25, 0.3) is 5.91 Å². The van der Waals surface area contributed by atoms with E-state index in [1.165, 1.54) is 18.4 Å². The Bertz CT molecular complexity index is 1090. The molecule has 1 aliphatic rings. The third-order valence-corrected chi connectivity index (χ3v) is 6.21. The lowest BCUT2D eigenvalue weighted by atomic mass is 9.77. The first kappa shape index (κ1) is 21.5. The lowest BCUT2D eigenvalue weighted by molar-refractivity contribution is -0.00257. The number of rotatable bonds is 5. The van der Waals surface area contributed by atoms with Gasteiger partial charge in [0.15, 0.2) is 0 Å². The first-order chi connectivity index (χ1) is 14.8. The predicted octanol–water partition coefficient (Wildman–Crippen LogP) is 4.19. The number of furan rings is 1. The van der Waals surface area contributed by atoms with Crippen molar-refractivity contribution in [2.24, 2.45) is 5.92 Å². The lowest BCUT2D eigenvalue weighted by Crippen LogP contribution is -2.41. The number of hydrogen-bond acceptors (Lipinski definition) is 5. The molecule has 1 fully saturated rings. The number of carbonyl (C=O) groups excluding carboxylic acids is 1. The van der Waals surface area contributed by atoms with Gasteiger partial charge in [-0.3, -0.25) is 4.79 Å². The van der Waals surface area contributed by atoms with Gasteiger partial charge < -0.3 is 19.9 Å². The number of aliphatic hydroxyl groups is 2. The van der Waals surface area contributed by atoms with Crippen molar-refractivity contribution >= 4 is 16.9 Å². The quantitative estimate of drug-likeness (QED) is 0.569. The minimum absolute atomic E-state index is 0.0160. The van der Waals surface area contributed by atoms with E-state index in [0.29, 0.717) is 22.4 Å². The number of amides is 1. The van der Waals surface area contributed by atoms with Crippen LogP contribution in [0.1, 0.15) is 55.6 Å². The highest BCUT2D eigenvalue weighted by atomic mass is 19.1. The van der Waals surface area contributed by atoms with Crippen molar-refractivity contribution in [1.29, 1.82) is 0 Å². The zero-order valence-electron chi connectivity index (χ0n) is 17.7. The highest BCUT2D eigenvalue weighted by molar-refractivity contribution is 5.96. The lowest BCUT2D eigenvalue weighted by Gasteiger charge is -2.36. The van der Waals surface area contributed by atoms with Crippen molar-refractivity contribution in [3.05, 3.63) is 53.7 Å². The molecular weight excluding hydrogens is 399 g/mol. The molecular formula is C24H27FN2O4. The number of benzene rings is 1. The van der Waals surface area contributed by atoms with Crippen LogP contribution in [0.4, 0.5) is 4.39 Å². The number of carbonyl (C=O) groups is 1. The molecule has 0 spiro atoms. The van der Waals surface area contributed by atoms with E-state index in [1.54, 1.807) is 18.2 Å². The summed E-state index contributed by atoms with van der Waals surface area (Å²) in [5, 5.41) is 23.2. The summed E-state index contributed by atoms with van der Waals surface area (Å²) >= 11 is 0. The molecule has 0 aliphatic heterocycles. The van der Waals surface area contributed by atoms with E-state index < -0.39 is 11.4 Å². The largest absolute Gasteiger partial charge is 0.464 e. The van der Waals surface area contributed by atoms with Gasteiger partial charge >= 0.3 is 0 Å². The predicted molar refractivity (Wildman–Crippen MR) is 115 cm³/mol. The van der Waals surface area contributed by atoms with Crippen molar-refractivity contribution in [2.45, 2.75) is 57.8 Å². The maximum Gasteiger partial charge on any atom is 0.251 e. The molecule has 3 N–H and O–H groups in total. The molecule has 2 heterocycles. The Morgan fingerprint density at radius 1 is 1.23 bits per heavy atom. The number of hydrogen-bond donors (Lipinski definition) is 3. The molecule has 4 rings (SSSR count). The van der Waals surface area contributed by atoms with Crippen LogP contribution < -0.4 is 5.32 Å². The number of halogens is 1. The zero-order chi connectivity index (χ0) is 22.2. The monoisotopic (exact) mass is 426 g/mol. The molecule has 1 aliphatic carbocycles. The van der Waals surface area contributed by atoms with E-state index in [1.807, 2.05) is 13.8 Å². The summed E-state index contributed by atoms with van der Waals surface area (Å²) in [6, 6.07) is 7.66. The molecule has 0 unspecified atom stereocenters. The van der Waals surface area contributed by atoms with E-state index in [4.69, 9.17) is 4.42 Å². The van der Waals surface area contributed by atoms with E-state index in [-0.39, 0.29) is 35.6 Å². The molecule has 2 aromatic heterocycles. The molecule has 6 nitrogen and oxygen atoms in total. The second-order valence-electron chi connectivity index (χ2n) is 8.82. The van der Waals surface area contributed by atoms with Crippen molar-refractivity contribution in [3.8, 4) is 11.3 Å². The van der Waals surface area contributed by atoms with Gasteiger partial charge in [0.2, 0.25) is 0 Å². The fraction of sp³-hybridized carbons (Fsp3) is 0.417. The Hall–Kier alpha value is -2.77. The van der Waals surface area contributed by atoms with Gasteiger partial charge in [-0.25, -0.2) is 9.37 Å². The van der Waals surface area contributed by atoms with E-state index >= 15 is 0 Å². The Morgan fingerprint density at radius 3 is 2.61 bits per heavy atom. The first-order valence-corrected chi connectivity index (χ1v) is 10.6. The summed E-state index contributed by atoms with van der Waals surface area (Å²) in [6.07, 6.45) is 4.75. The smallest absolute Gasteiger partial charge is 0.251 e. The summed E-state index contributed by atoms with van der Waals surface area (Å²) in [5.41, 5.74) is 1.02. The Balaban J connectivity index is 1.51. The van der Waals surface area contributed by atoms with Crippen LogP contribution in [-0.2, 0) is 6.61 Å². The van der Waals surface area contributed by atoms with Crippen LogP contribution >= 0.6 is 0 Å². The molecule has 31 heavy (non-hydrogen) atoms. The summed E-state index contributed by atoms with van der Waals surface area (Å²) in [4.78, 5) is 17.0. The highest BCUT2D eigenvalue weighted by Crippen LogP contribution is 2.33. The SMILES string of the molecule is CC(C)(O)C1CCC(NC(=O)c2ccc(-c3nc(CO)cc4occc34)c(F)c2)CC1. The molecule has 7 heteroatoms. The second kappa shape index (κ2) is 8.40. The van der Waals surface area contributed by atoms with Crippen LogP contribution in [0.25, 0.3) is 22.2 Å². The van der Waals surface area contributed by atoms with Crippen molar-refractivity contribution in [1.82, 2.24) is 10.3 Å². The van der Waals surface area contributed by atoms with Crippen LogP contribution in [0.3, 0.4) is 0 Å².